The van der Waals surface area contributed by atoms with Gasteiger partial charge in [-0.15, -0.1) is 0 Å². The van der Waals surface area contributed by atoms with E-state index in [1.165, 1.54) is 0 Å². The number of rotatable bonds is 5. The van der Waals surface area contributed by atoms with E-state index in [9.17, 15) is 9.18 Å². The van der Waals surface area contributed by atoms with Gasteiger partial charge in [0.1, 0.15) is 18.1 Å². The lowest BCUT2D eigenvalue weighted by Crippen LogP contribution is -2.53. The number of piperazine rings is 1. The predicted octanol–water partition coefficient (Wildman–Crippen LogP) is 3.74. The number of likely N-dealkylation sites (tertiary alicyclic amines) is 1. The molecule has 0 radical (unpaired) electrons. The minimum atomic E-state index is -0.936. The highest BCUT2D eigenvalue weighted by molar-refractivity contribution is 5.91. The largest absolute Gasteiger partial charge is 0.471 e. The summed E-state index contributed by atoms with van der Waals surface area (Å²) in [5.41, 5.74) is 0.700. The zero-order chi connectivity index (χ0) is 27.6. The van der Waals surface area contributed by atoms with Crippen molar-refractivity contribution >= 4 is 11.6 Å². The van der Waals surface area contributed by atoms with Gasteiger partial charge in [-0.3, -0.25) is 9.69 Å². The third-order valence-electron chi connectivity index (χ3n) is 9.98. The van der Waals surface area contributed by atoms with E-state index in [1.54, 1.807) is 0 Å². The molecule has 2 spiro atoms. The zero-order valence-corrected chi connectivity index (χ0v) is 23.3. The maximum absolute atomic E-state index is 16.2. The highest BCUT2D eigenvalue weighted by Crippen LogP contribution is 2.48. The first kappa shape index (κ1) is 26.3. The average molecular weight is 557 g/mol. The Morgan fingerprint density at radius 2 is 1.98 bits per heavy atom. The van der Waals surface area contributed by atoms with Crippen molar-refractivity contribution in [1.82, 2.24) is 25.3 Å². The number of fused-ring (bicyclic) bond motifs is 2. The van der Waals surface area contributed by atoms with Crippen LogP contribution < -0.4 is 15.0 Å². The van der Waals surface area contributed by atoms with Gasteiger partial charge in [0, 0.05) is 49.7 Å². The van der Waals surface area contributed by atoms with E-state index in [0.29, 0.717) is 50.4 Å². The summed E-state index contributed by atoms with van der Waals surface area (Å²) in [6.07, 6.45) is 6.54. The van der Waals surface area contributed by atoms with Crippen LogP contribution in [0.3, 0.4) is 0 Å². The van der Waals surface area contributed by atoms with Crippen LogP contribution in [0.5, 0.6) is 5.88 Å². The summed E-state index contributed by atoms with van der Waals surface area (Å²) in [7, 11) is 1.86. The number of hydrogen-bond acceptors (Lipinski definition) is 9. The molecule has 2 aromatic rings. The fourth-order valence-corrected chi connectivity index (χ4v) is 7.57. The molecular weight excluding hydrogens is 518 g/mol. The Labute approximate surface area is 233 Å². The molecule has 2 saturated carbocycles. The summed E-state index contributed by atoms with van der Waals surface area (Å²) in [6.45, 7) is 4.16. The molecule has 2 aromatic heterocycles. The number of aromatic nitrogens is 3. The van der Waals surface area contributed by atoms with Crippen LogP contribution in [0.15, 0.2) is 4.52 Å². The number of nitrogens with one attached hydrogen (secondary N) is 1. The first-order valence-corrected chi connectivity index (χ1v) is 14.9. The number of ketones is 1. The summed E-state index contributed by atoms with van der Waals surface area (Å²) >= 11 is 0. The van der Waals surface area contributed by atoms with E-state index in [4.69, 9.17) is 14.2 Å². The SMILES string of the molecule is C[C@H](Oc1nc(-c2noc3c2CCC[C@@]32CCCCC2=O)nc(N2CCNC3(CC3)C2)c1F)[C@@H]1C[C@@H](F)CN1C. The summed E-state index contributed by atoms with van der Waals surface area (Å²) in [5.74, 6) is 0.548. The second kappa shape index (κ2) is 9.72. The Morgan fingerprint density at radius 3 is 2.73 bits per heavy atom. The minimum Gasteiger partial charge on any atom is -0.471 e. The quantitative estimate of drug-likeness (QED) is 0.591. The number of nitrogens with zero attached hydrogens (tertiary/aromatic N) is 5. The molecule has 216 valence electrons. The van der Waals surface area contributed by atoms with E-state index in [1.807, 2.05) is 23.8 Å². The summed E-state index contributed by atoms with van der Waals surface area (Å²) in [4.78, 5) is 26.4. The van der Waals surface area contributed by atoms with Gasteiger partial charge in [0.25, 0.3) is 5.88 Å². The molecule has 0 bridgehead atoms. The molecule has 4 atom stereocenters. The van der Waals surface area contributed by atoms with Crippen molar-refractivity contribution < 1.29 is 22.8 Å². The number of Topliss-reactive ketones (excluding diaryl/α,β-unsaturated/α-hetero) is 1. The van der Waals surface area contributed by atoms with Crippen LogP contribution in [0.1, 0.15) is 76.0 Å². The van der Waals surface area contributed by atoms with Crippen molar-refractivity contribution in [2.24, 2.45) is 0 Å². The van der Waals surface area contributed by atoms with Gasteiger partial charge in [0.15, 0.2) is 23.1 Å². The lowest BCUT2D eigenvalue weighted by Gasteiger charge is -2.36. The fourth-order valence-electron chi connectivity index (χ4n) is 7.57. The number of hydrogen-bond donors (Lipinski definition) is 1. The van der Waals surface area contributed by atoms with Crippen LogP contribution in [-0.4, -0.2) is 82.9 Å². The highest BCUT2D eigenvalue weighted by atomic mass is 19.1. The summed E-state index contributed by atoms with van der Waals surface area (Å²) in [6, 6.07) is -0.192. The van der Waals surface area contributed by atoms with E-state index >= 15 is 4.39 Å². The molecule has 2 aliphatic heterocycles. The lowest BCUT2D eigenvalue weighted by molar-refractivity contribution is -0.128. The second-order valence-electron chi connectivity index (χ2n) is 12.7. The summed E-state index contributed by atoms with van der Waals surface area (Å²) in [5, 5.41) is 7.97. The average Bonchev–Trinajstić information content (AvgIpc) is 3.36. The monoisotopic (exact) mass is 556 g/mol. The van der Waals surface area contributed by atoms with Crippen LogP contribution in [-0.2, 0) is 16.6 Å². The number of ether oxygens (including phenoxy) is 1. The van der Waals surface area contributed by atoms with E-state index in [2.05, 4.69) is 15.5 Å². The van der Waals surface area contributed by atoms with Gasteiger partial charge in [0.2, 0.25) is 5.82 Å². The summed E-state index contributed by atoms with van der Waals surface area (Å²) < 4.78 is 42.4. The van der Waals surface area contributed by atoms with Gasteiger partial charge >= 0.3 is 0 Å². The molecule has 5 aliphatic rings. The Bertz CT molecular complexity index is 1310. The van der Waals surface area contributed by atoms with Crippen LogP contribution in [0.25, 0.3) is 11.5 Å². The molecule has 7 rings (SSSR count). The number of halogens is 2. The standard InChI is InChI=1S/C29H38F2N6O3/c1-17(20-14-18(30)15-36(20)2)39-27-22(31)26(37-13-12-32-28(16-37)10-11-28)33-25(34-27)23-19-6-5-9-29(24(19)40-35-23)8-4-3-7-21(29)38/h17-18,20,32H,3-16H2,1-2H3/t17-,18+,20-,29+/m0/s1. The maximum Gasteiger partial charge on any atom is 0.256 e. The van der Waals surface area contributed by atoms with Crippen molar-refractivity contribution in [3.05, 3.63) is 17.1 Å². The maximum atomic E-state index is 16.2. The topological polar surface area (TPSA) is 96.6 Å². The number of likely N-dealkylation sites (N-methyl/N-ethyl adjacent to an activating group) is 1. The third kappa shape index (κ3) is 4.31. The van der Waals surface area contributed by atoms with Gasteiger partial charge in [-0.25, -0.2) is 9.37 Å². The number of carbonyl (C=O) groups excluding carboxylic acids is 1. The molecule has 0 unspecified atom stereocenters. The molecule has 4 heterocycles. The number of carbonyl (C=O) groups is 1. The van der Waals surface area contributed by atoms with Crippen LogP contribution in [0, 0.1) is 5.82 Å². The number of anilines is 1. The van der Waals surface area contributed by atoms with Gasteiger partial charge < -0.3 is 19.5 Å². The van der Waals surface area contributed by atoms with E-state index in [0.717, 1.165) is 57.1 Å². The Kier molecular flexibility index (Phi) is 6.38. The third-order valence-corrected chi connectivity index (χ3v) is 9.98. The molecular formula is C29H38F2N6O3. The smallest absolute Gasteiger partial charge is 0.256 e. The van der Waals surface area contributed by atoms with Gasteiger partial charge in [0.05, 0.1) is 5.41 Å². The normalized spacial score (nSPS) is 30.6. The molecule has 11 heteroatoms. The van der Waals surface area contributed by atoms with Crippen LogP contribution in [0.2, 0.25) is 0 Å². The minimum absolute atomic E-state index is 0.00753. The van der Waals surface area contributed by atoms with E-state index in [-0.39, 0.29) is 34.9 Å². The van der Waals surface area contributed by atoms with Crippen molar-refractivity contribution in [2.45, 2.75) is 100 Å². The van der Waals surface area contributed by atoms with Gasteiger partial charge in [-0.1, -0.05) is 11.6 Å². The molecule has 0 amide bonds. The Balaban J connectivity index is 1.29. The molecule has 40 heavy (non-hydrogen) atoms. The van der Waals surface area contributed by atoms with Crippen LogP contribution >= 0.6 is 0 Å². The number of alkyl halides is 1. The van der Waals surface area contributed by atoms with Crippen molar-refractivity contribution in [3.63, 3.8) is 0 Å². The molecule has 0 aromatic carbocycles. The molecule has 9 nitrogen and oxygen atoms in total. The van der Waals surface area contributed by atoms with Crippen molar-refractivity contribution in [1.29, 1.82) is 0 Å². The molecule has 2 saturated heterocycles. The van der Waals surface area contributed by atoms with E-state index < -0.39 is 23.5 Å². The molecule has 3 aliphatic carbocycles. The van der Waals surface area contributed by atoms with Gasteiger partial charge in [-0.05, 0) is 65.3 Å². The Hall–Kier alpha value is -2.66. The fraction of sp³-hybridized carbons (Fsp3) is 0.724. The Morgan fingerprint density at radius 1 is 1.15 bits per heavy atom. The second-order valence-corrected chi connectivity index (χ2v) is 12.7. The first-order chi connectivity index (χ1) is 19.3. The predicted molar refractivity (Wildman–Crippen MR) is 144 cm³/mol. The van der Waals surface area contributed by atoms with Crippen LogP contribution in [0.4, 0.5) is 14.6 Å². The van der Waals surface area contributed by atoms with Crippen molar-refractivity contribution in [2.75, 3.05) is 38.1 Å². The van der Waals surface area contributed by atoms with Gasteiger partial charge in [-0.2, -0.15) is 9.37 Å². The molecule has 4 fully saturated rings. The first-order valence-electron chi connectivity index (χ1n) is 14.9. The zero-order valence-electron chi connectivity index (χ0n) is 23.3. The lowest BCUT2D eigenvalue weighted by atomic mass is 9.64. The highest BCUT2D eigenvalue weighted by Gasteiger charge is 2.49. The van der Waals surface area contributed by atoms with Crippen molar-refractivity contribution in [3.8, 4) is 17.4 Å². The molecule has 1 N–H and O–H groups in total.